The number of aromatic amines is 1. The van der Waals surface area contributed by atoms with Gasteiger partial charge < -0.3 is 14.6 Å². The molecule has 34 heavy (non-hydrogen) atoms. The van der Waals surface area contributed by atoms with Crippen molar-refractivity contribution in [1.82, 2.24) is 4.98 Å². The number of carbonyl (C=O) groups is 2. The summed E-state index contributed by atoms with van der Waals surface area (Å²) in [7, 11) is -4.14. The summed E-state index contributed by atoms with van der Waals surface area (Å²) in [5, 5.41) is 0.0748. The molecule has 1 aromatic heterocycles. The van der Waals surface area contributed by atoms with Crippen molar-refractivity contribution in [3.05, 3.63) is 77.0 Å². The summed E-state index contributed by atoms with van der Waals surface area (Å²) in [4.78, 5) is 28.8. The Morgan fingerprint density at radius 3 is 2.68 bits per heavy atom. The minimum Gasteiger partial charge on any atom is -0.439 e. The van der Waals surface area contributed by atoms with E-state index in [1.807, 2.05) is 0 Å². The molecule has 0 saturated heterocycles. The Morgan fingerprint density at radius 2 is 2.00 bits per heavy atom. The summed E-state index contributed by atoms with van der Waals surface area (Å²) < 4.78 is 33.2. The number of nitrogens with zero attached hydrogens (tertiary/aromatic N) is 1. The maximum atomic E-state index is 13.9. The van der Waals surface area contributed by atoms with Gasteiger partial charge in [0.25, 0.3) is 0 Å². The van der Waals surface area contributed by atoms with Gasteiger partial charge in [-0.3, -0.25) is 9.59 Å². The van der Waals surface area contributed by atoms with Gasteiger partial charge in [-0.1, -0.05) is 36.7 Å². The van der Waals surface area contributed by atoms with Crippen LogP contribution >= 0.6 is 11.6 Å². The Morgan fingerprint density at radius 1 is 1.24 bits per heavy atom. The number of H-pyrrole nitrogens is 1. The molecule has 0 spiro atoms. The van der Waals surface area contributed by atoms with E-state index in [-0.39, 0.29) is 18.0 Å². The number of hydrogen-bond donors (Lipinski definition) is 1. The molecule has 0 saturated carbocycles. The van der Waals surface area contributed by atoms with E-state index in [9.17, 15) is 18.0 Å². The zero-order valence-corrected chi connectivity index (χ0v) is 20.4. The third kappa shape index (κ3) is 4.35. The van der Waals surface area contributed by atoms with Crippen LogP contribution in [0.15, 0.2) is 55.1 Å². The third-order valence-corrected chi connectivity index (χ3v) is 8.31. The topological polar surface area (TPSA) is 96.5 Å². The summed E-state index contributed by atoms with van der Waals surface area (Å²) >= 11 is 6.08. The van der Waals surface area contributed by atoms with Gasteiger partial charge in [0.2, 0.25) is 21.2 Å². The number of sulfone groups is 1. The molecule has 1 amide bonds. The number of amides is 1. The Hall–Kier alpha value is -3.10. The zero-order chi connectivity index (χ0) is 24.6. The number of benzene rings is 2. The van der Waals surface area contributed by atoms with Crippen LogP contribution in [0.1, 0.15) is 47.8 Å². The van der Waals surface area contributed by atoms with E-state index in [4.69, 9.17) is 16.3 Å². The van der Waals surface area contributed by atoms with Crippen LogP contribution in [0.4, 0.5) is 5.69 Å². The Balaban J connectivity index is 1.77. The van der Waals surface area contributed by atoms with Crippen molar-refractivity contribution in [2.24, 2.45) is 0 Å². The van der Waals surface area contributed by atoms with Crippen molar-refractivity contribution in [1.29, 1.82) is 0 Å². The van der Waals surface area contributed by atoms with E-state index in [1.165, 1.54) is 13.0 Å². The van der Waals surface area contributed by atoms with E-state index in [0.717, 1.165) is 11.3 Å². The number of halogens is 1. The number of hydrogen-bond acceptors (Lipinski definition) is 5. The third-order valence-electron chi connectivity index (χ3n) is 5.96. The van der Waals surface area contributed by atoms with Crippen molar-refractivity contribution in [3.8, 4) is 0 Å². The van der Waals surface area contributed by atoms with Crippen LogP contribution < -0.4 is 4.90 Å². The molecule has 3 aromatic rings. The first-order chi connectivity index (χ1) is 16.1. The normalized spacial score (nSPS) is 15.1. The van der Waals surface area contributed by atoms with E-state index >= 15 is 0 Å². The predicted octanol–water partition coefficient (Wildman–Crippen LogP) is 5.02. The minimum absolute atomic E-state index is 0.0244. The number of esters is 1. The lowest BCUT2D eigenvalue weighted by Crippen LogP contribution is -2.26. The average molecular weight is 501 g/mol. The van der Waals surface area contributed by atoms with Gasteiger partial charge >= 0.3 is 5.97 Å². The summed E-state index contributed by atoms with van der Waals surface area (Å²) in [5.41, 5.74) is 1.50. The van der Waals surface area contributed by atoms with Gasteiger partial charge in [0, 0.05) is 41.5 Å². The van der Waals surface area contributed by atoms with E-state index in [2.05, 4.69) is 11.6 Å². The molecule has 2 heterocycles. The maximum absolute atomic E-state index is 13.9. The highest BCUT2D eigenvalue weighted by molar-refractivity contribution is 7.91. The minimum atomic E-state index is -4.14. The maximum Gasteiger partial charge on any atom is 0.307 e. The van der Waals surface area contributed by atoms with Gasteiger partial charge in [0.15, 0.2) is 0 Å². The van der Waals surface area contributed by atoms with Gasteiger partial charge in [-0.2, -0.15) is 0 Å². The summed E-state index contributed by atoms with van der Waals surface area (Å²) in [5.74, 6) is -0.705. The lowest BCUT2D eigenvalue weighted by Gasteiger charge is -2.23. The van der Waals surface area contributed by atoms with Crippen LogP contribution in [0.5, 0.6) is 0 Å². The highest BCUT2D eigenvalue weighted by atomic mass is 35.5. The molecule has 0 bridgehead atoms. The number of nitrogens with one attached hydrogen (secondary N) is 1. The number of fused-ring (bicyclic) bond motifs is 2. The molecule has 0 radical (unpaired) electrons. The van der Waals surface area contributed by atoms with Crippen molar-refractivity contribution < 1.29 is 22.7 Å². The Bertz CT molecular complexity index is 1400. The fourth-order valence-corrected chi connectivity index (χ4v) is 6.25. The van der Waals surface area contributed by atoms with Gasteiger partial charge in [-0.05, 0) is 47.9 Å². The largest absolute Gasteiger partial charge is 0.439 e. The number of ether oxygens (including phenoxy) is 1. The van der Waals surface area contributed by atoms with Gasteiger partial charge in [0.05, 0.1) is 5.69 Å². The molecule has 7 nitrogen and oxygen atoms in total. The zero-order valence-electron chi connectivity index (χ0n) is 18.9. The first-order valence-corrected chi connectivity index (χ1v) is 12.9. The molecule has 2 unspecified atom stereocenters. The van der Waals surface area contributed by atoms with Crippen LogP contribution in [0.3, 0.4) is 0 Å². The molecule has 1 N–H and O–H groups in total. The second-order valence-corrected chi connectivity index (χ2v) is 10.7. The van der Waals surface area contributed by atoms with Crippen LogP contribution in [-0.2, 0) is 30.6 Å². The number of rotatable bonds is 7. The molecule has 9 heteroatoms. The molecule has 2 atom stereocenters. The molecule has 1 aliphatic rings. The van der Waals surface area contributed by atoms with Crippen LogP contribution in [0.25, 0.3) is 10.9 Å². The van der Waals surface area contributed by atoms with E-state index in [1.54, 1.807) is 54.3 Å². The first kappa shape index (κ1) is 24.0. The number of carbonyl (C=O) groups excluding carboxylic acids is 2. The highest BCUT2D eigenvalue weighted by Gasteiger charge is 2.39. The van der Waals surface area contributed by atoms with Crippen LogP contribution in [-0.4, -0.2) is 31.8 Å². The SMILES string of the molecule is C=CC(c1ccc2c(c1)CCN2C(C)=O)S(=O)(=O)C(OC(=O)CC)c1cc2cc(Cl)ccc2[nH]1. The fourth-order valence-electron chi connectivity index (χ4n) is 4.28. The smallest absolute Gasteiger partial charge is 0.307 e. The van der Waals surface area contributed by atoms with Crippen molar-refractivity contribution in [3.63, 3.8) is 0 Å². The molecular weight excluding hydrogens is 476 g/mol. The fraction of sp³-hybridized carbons (Fsp3) is 0.280. The molecule has 4 rings (SSSR count). The lowest BCUT2D eigenvalue weighted by molar-refractivity contribution is -0.145. The van der Waals surface area contributed by atoms with Gasteiger partial charge in [-0.25, -0.2) is 8.42 Å². The molecule has 1 aliphatic heterocycles. The lowest BCUT2D eigenvalue weighted by atomic mass is 10.1. The number of anilines is 1. The summed E-state index contributed by atoms with van der Waals surface area (Å²) in [6.45, 7) is 7.41. The highest BCUT2D eigenvalue weighted by Crippen LogP contribution is 2.39. The van der Waals surface area contributed by atoms with Crippen LogP contribution in [0.2, 0.25) is 5.02 Å². The second-order valence-electron chi connectivity index (χ2n) is 8.19. The molecule has 178 valence electrons. The molecule has 0 fully saturated rings. The van der Waals surface area contributed by atoms with E-state index in [0.29, 0.717) is 34.5 Å². The van der Waals surface area contributed by atoms with Crippen molar-refractivity contribution in [2.45, 2.75) is 37.4 Å². The standard InChI is InChI=1S/C25H25ClN2O5S/c1-4-23(17-6-9-22-16(12-17)10-11-28(22)15(3)29)34(31,32)25(33-24(30)5-2)21-14-18-13-19(26)7-8-20(18)27-21/h4,6-9,12-14,23,25,27H,1,5,10-11H2,2-3H3. The molecule has 0 aliphatic carbocycles. The van der Waals surface area contributed by atoms with Crippen LogP contribution in [0, 0.1) is 0 Å². The Kier molecular flexibility index (Phi) is 6.55. The monoisotopic (exact) mass is 500 g/mol. The number of aromatic nitrogens is 1. The average Bonchev–Trinajstić information content (AvgIpc) is 3.40. The molecule has 2 aromatic carbocycles. The van der Waals surface area contributed by atoms with Gasteiger partial charge in [-0.15, -0.1) is 6.58 Å². The summed E-state index contributed by atoms with van der Waals surface area (Å²) in [6.07, 6.45) is 1.99. The van der Waals surface area contributed by atoms with Crippen molar-refractivity contribution in [2.75, 3.05) is 11.4 Å². The second kappa shape index (κ2) is 9.27. The Labute approximate surface area is 203 Å². The van der Waals surface area contributed by atoms with E-state index < -0.39 is 26.5 Å². The summed E-state index contributed by atoms with van der Waals surface area (Å²) in [6, 6.07) is 12.0. The predicted molar refractivity (Wildman–Crippen MR) is 132 cm³/mol. The quantitative estimate of drug-likeness (QED) is 0.363. The first-order valence-electron chi connectivity index (χ1n) is 10.9. The molecular formula is C25H25ClN2O5S. The van der Waals surface area contributed by atoms with Gasteiger partial charge in [0.1, 0.15) is 5.25 Å². The van der Waals surface area contributed by atoms with Crippen molar-refractivity contribution >= 4 is 49.9 Å².